The number of sulfonamides is 1. The molecule has 2 rings (SSSR count). The maximum absolute atomic E-state index is 12.6. The quantitative estimate of drug-likeness (QED) is 0.652. The molecule has 1 heterocycles. The van der Waals surface area contributed by atoms with Crippen LogP contribution in [0.3, 0.4) is 0 Å². The Hall–Kier alpha value is -1.71. The second-order valence-electron chi connectivity index (χ2n) is 5.09. The Labute approximate surface area is 131 Å². The van der Waals surface area contributed by atoms with Gasteiger partial charge in [-0.1, -0.05) is 24.6 Å². The van der Waals surface area contributed by atoms with Crippen LogP contribution in [0.25, 0.3) is 0 Å². The molecular weight excluding hydrogens is 336 g/mol. The van der Waals surface area contributed by atoms with Crippen LogP contribution >= 0.6 is 11.6 Å². The van der Waals surface area contributed by atoms with E-state index in [1.54, 1.807) is 6.92 Å². The average molecular weight is 349 g/mol. The van der Waals surface area contributed by atoms with Crippen LogP contribution in [0.2, 0.25) is 5.02 Å². The van der Waals surface area contributed by atoms with Crippen molar-refractivity contribution in [1.29, 1.82) is 0 Å². The van der Waals surface area contributed by atoms with Gasteiger partial charge in [-0.15, -0.1) is 0 Å². The Balaban J connectivity index is 2.49. The highest BCUT2D eigenvalue weighted by Gasteiger charge is 2.43. The molecule has 1 aliphatic rings. The number of rotatable bonds is 4. The van der Waals surface area contributed by atoms with Gasteiger partial charge in [-0.2, -0.15) is 4.31 Å². The van der Waals surface area contributed by atoms with E-state index in [4.69, 9.17) is 16.7 Å². The topological polar surface area (TPSA) is 118 Å². The number of benzene rings is 1. The molecule has 0 amide bonds. The third-order valence-corrected chi connectivity index (χ3v) is 5.99. The third kappa shape index (κ3) is 2.79. The Kier molecular flexibility index (Phi) is 4.41. The van der Waals surface area contributed by atoms with E-state index < -0.39 is 43.3 Å². The van der Waals surface area contributed by atoms with Gasteiger partial charge >= 0.3 is 5.97 Å². The molecule has 0 aromatic heterocycles. The second kappa shape index (κ2) is 5.82. The predicted octanol–water partition coefficient (Wildman–Crippen LogP) is 1.59. The Bertz CT molecular complexity index is 735. The molecule has 0 aliphatic carbocycles. The summed E-state index contributed by atoms with van der Waals surface area (Å²) in [6.07, 6.45) is 0. The summed E-state index contributed by atoms with van der Waals surface area (Å²) in [4.78, 5) is 20.7. The molecule has 1 aromatic carbocycles. The maximum atomic E-state index is 12.6. The third-order valence-electron chi connectivity index (χ3n) is 3.64. The Morgan fingerprint density at radius 1 is 1.45 bits per heavy atom. The standard InChI is InChI=1S/C12H13ClN2O6S/c1-7-5-14(6-8(7)12(16)17)22(20,21)11-9(13)3-2-4-10(11)15(18)19/h2-4,7-8H,5-6H2,1H3,(H,16,17)/t7-,8-/m1/s1. The van der Waals surface area contributed by atoms with Crippen molar-refractivity contribution in [2.45, 2.75) is 11.8 Å². The Morgan fingerprint density at radius 3 is 2.59 bits per heavy atom. The molecule has 0 spiro atoms. The number of nitro benzene ring substituents is 1. The highest BCUT2D eigenvalue weighted by Crippen LogP contribution is 2.36. The summed E-state index contributed by atoms with van der Waals surface area (Å²) in [5.41, 5.74) is -0.626. The van der Waals surface area contributed by atoms with Crippen molar-refractivity contribution >= 4 is 33.3 Å². The number of nitrogens with zero attached hydrogens (tertiary/aromatic N) is 2. The lowest BCUT2D eigenvalue weighted by Gasteiger charge is -2.16. The van der Waals surface area contributed by atoms with Crippen LogP contribution in [0, 0.1) is 22.0 Å². The van der Waals surface area contributed by atoms with Crippen molar-refractivity contribution < 1.29 is 23.2 Å². The lowest BCUT2D eigenvalue weighted by atomic mass is 9.99. The SMILES string of the molecule is C[C@@H]1CN(S(=O)(=O)c2c(Cl)cccc2[N+](=O)[O-])C[C@H]1C(=O)O. The monoisotopic (exact) mass is 348 g/mol. The van der Waals surface area contributed by atoms with E-state index >= 15 is 0 Å². The minimum atomic E-state index is -4.25. The summed E-state index contributed by atoms with van der Waals surface area (Å²) >= 11 is 5.85. The molecular formula is C12H13ClN2O6S. The molecule has 0 unspecified atom stereocenters. The van der Waals surface area contributed by atoms with Crippen LogP contribution in [-0.2, 0) is 14.8 Å². The van der Waals surface area contributed by atoms with Crippen molar-refractivity contribution in [3.63, 3.8) is 0 Å². The number of halogens is 1. The van der Waals surface area contributed by atoms with Crippen LogP contribution in [0.15, 0.2) is 23.1 Å². The fourth-order valence-corrected chi connectivity index (χ4v) is 4.70. The van der Waals surface area contributed by atoms with Crippen LogP contribution in [0.5, 0.6) is 0 Å². The van der Waals surface area contributed by atoms with E-state index in [2.05, 4.69) is 0 Å². The molecule has 0 saturated carbocycles. The predicted molar refractivity (Wildman–Crippen MR) is 77.2 cm³/mol. The van der Waals surface area contributed by atoms with Gasteiger partial charge in [-0.05, 0) is 12.0 Å². The fraction of sp³-hybridized carbons (Fsp3) is 0.417. The van der Waals surface area contributed by atoms with Gasteiger partial charge in [0.1, 0.15) is 0 Å². The van der Waals surface area contributed by atoms with Crippen molar-refractivity contribution in [3.8, 4) is 0 Å². The van der Waals surface area contributed by atoms with E-state index in [1.165, 1.54) is 12.1 Å². The first-order valence-corrected chi connectivity index (χ1v) is 8.14. The number of carbonyl (C=O) groups is 1. The average Bonchev–Trinajstić information content (AvgIpc) is 2.81. The number of carboxylic acid groups (broad SMARTS) is 1. The van der Waals surface area contributed by atoms with E-state index in [-0.39, 0.29) is 18.1 Å². The summed E-state index contributed by atoms with van der Waals surface area (Å²) in [6.45, 7) is 1.36. The zero-order valence-corrected chi connectivity index (χ0v) is 13.0. The van der Waals surface area contributed by atoms with Crippen LogP contribution in [0.1, 0.15) is 6.92 Å². The number of nitro groups is 1. The molecule has 8 nitrogen and oxygen atoms in total. The van der Waals surface area contributed by atoms with Crippen LogP contribution in [0.4, 0.5) is 5.69 Å². The number of hydrogen-bond acceptors (Lipinski definition) is 5. The van der Waals surface area contributed by atoms with Gasteiger partial charge in [0, 0.05) is 19.2 Å². The summed E-state index contributed by atoms with van der Waals surface area (Å²) in [5.74, 6) is -2.34. The van der Waals surface area contributed by atoms with E-state index in [0.29, 0.717) is 0 Å². The first kappa shape index (κ1) is 16.7. The largest absolute Gasteiger partial charge is 0.481 e. The van der Waals surface area contributed by atoms with Gasteiger partial charge in [-0.25, -0.2) is 8.42 Å². The van der Waals surface area contributed by atoms with E-state index in [9.17, 15) is 23.3 Å². The highest BCUT2D eigenvalue weighted by atomic mass is 35.5. The molecule has 2 atom stereocenters. The molecule has 1 fully saturated rings. The fourth-order valence-electron chi connectivity index (χ4n) is 2.47. The lowest BCUT2D eigenvalue weighted by molar-refractivity contribution is -0.387. The number of carboxylic acids is 1. The summed E-state index contributed by atoms with van der Waals surface area (Å²) in [7, 11) is -4.25. The van der Waals surface area contributed by atoms with Gasteiger partial charge < -0.3 is 5.11 Å². The van der Waals surface area contributed by atoms with Gasteiger partial charge in [0.05, 0.1) is 15.9 Å². The zero-order valence-electron chi connectivity index (χ0n) is 11.5. The molecule has 1 aromatic rings. The molecule has 22 heavy (non-hydrogen) atoms. The highest BCUT2D eigenvalue weighted by molar-refractivity contribution is 7.89. The van der Waals surface area contributed by atoms with Crippen LogP contribution in [-0.4, -0.2) is 41.8 Å². The first-order valence-electron chi connectivity index (χ1n) is 6.32. The molecule has 120 valence electrons. The van der Waals surface area contributed by atoms with Gasteiger partial charge in [0.15, 0.2) is 4.90 Å². The molecule has 1 saturated heterocycles. The second-order valence-corrected chi connectivity index (χ2v) is 7.37. The van der Waals surface area contributed by atoms with Gasteiger partial charge in [-0.3, -0.25) is 14.9 Å². The molecule has 1 aliphatic heterocycles. The molecule has 0 radical (unpaired) electrons. The smallest absolute Gasteiger partial charge is 0.308 e. The number of aliphatic carboxylic acids is 1. The van der Waals surface area contributed by atoms with Gasteiger partial charge in [0.25, 0.3) is 15.7 Å². The van der Waals surface area contributed by atoms with Crippen molar-refractivity contribution in [1.82, 2.24) is 4.31 Å². The van der Waals surface area contributed by atoms with Gasteiger partial charge in [0.2, 0.25) is 0 Å². The van der Waals surface area contributed by atoms with Crippen molar-refractivity contribution in [3.05, 3.63) is 33.3 Å². The summed E-state index contributed by atoms with van der Waals surface area (Å²) < 4.78 is 26.2. The van der Waals surface area contributed by atoms with E-state index in [1.807, 2.05) is 0 Å². The minimum Gasteiger partial charge on any atom is -0.481 e. The summed E-state index contributed by atoms with van der Waals surface area (Å²) in [6, 6.07) is 3.58. The van der Waals surface area contributed by atoms with Crippen molar-refractivity contribution in [2.24, 2.45) is 11.8 Å². The normalized spacial score (nSPS) is 22.6. The number of hydrogen-bond donors (Lipinski definition) is 1. The molecule has 10 heteroatoms. The van der Waals surface area contributed by atoms with Crippen molar-refractivity contribution in [2.75, 3.05) is 13.1 Å². The summed E-state index contributed by atoms with van der Waals surface area (Å²) in [5, 5.41) is 19.9. The molecule has 0 bridgehead atoms. The molecule has 1 N–H and O–H groups in total. The first-order chi connectivity index (χ1) is 10.2. The minimum absolute atomic E-state index is 0.0261. The lowest BCUT2D eigenvalue weighted by Crippen LogP contribution is -2.30. The maximum Gasteiger partial charge on any atom is 0.308 e. The zero-order chi connectivity index (χ0) is 16.7. The Morgan fingerprint density at radius 2 is 2.09 bits per heavy atom. The van der Waals surface area contributed by atoms with Crippen LogP contribution < -0.4 is 0 Å². The van der Waals surface area contributed by atoms with E-state index in [0.717, 1.165) is 10.4 Å².